The van der Waals surface area contributed by atoms with Crippen molar-refractivity contribution in [1.29, 1.82) is 0 Å². The van der Waals surface area contributed by atoms with Crippen LogP contribution in [-0.2, 0) is 16.1 Å². The molecule has 5 nitrogen and oxygen atoms in total. The van der Waals surface area contributed by atoms with E-state index in [0.717, 1.165) is 15.5 Å². The molecule has 0 aliphatic heterocycles. The average Bonchev–Trinajstić information content (AvgIpc) is 2.80. The molecule has 0 radical (unpaired) electrons. The maximum absolute atomic E-state index is 10.6. The Bertz CT molecular complexity index is 525. The van der Waals surface area contributed by atoms with Gasteiger partial charge in [-0.3, -0.25) is 9.20 Å². The highest BCUT2D eigenvalue weighted by atomic mass is 32.1. The average molecular weight is 251 g/mol. The normalized spacial score (nSPS) is 11.6. The molecule has 90 valence electrons. The number of hydrogen-bond donors (Lipinski definition) is 1. The van der Waals surface area contributed by atoms with Gasteiger partial charge in [0.05, 0.1) is 12.3 Å². The first kappa shape index (κ1) is 11.8. The maximum Gasteiger partial charge on any atom is 0.241 e. The first-order valence-electron chi connectivity index (χ1n) is 5.21. The second-order valence-electron chi connectivity index (χ2n) is 3.43. The predicted octanol–water partition coefficient (Wildman–Crippen LogP) is 1.43. The third kappa shape index (κ3) is 2.92. The molecule has 0 aromatic carbocycles. The summed E-state index contributed by atoms with van der Waals surface area (Å²) in [5, 5.41) is 0. The van der Waals surface area contributed by atoms with Gasteiger partial charge in [-0.2, -0.15) is 0 Å². The number of rotatable bonds is 5. The van der Waals surface area contributed by atoms with Gasteiger partial charge in [-0.1, -0.05) is 11.3 Å². The number of ether oxygens (including phenoxy) is 1. The van der Waals surface area contributed by atoms with Gasteiger partial charge < -0.3 is 10.5 Å². The number of thiazole rings is 1. The fraction of sp³-hybridized carbons (Fsp3) is 0.273. The molecule has 0 aliphatic carbocycles. The Morgan fingerprint density at radius 3 is 3.12 bits per heavy atom. The van der Waals surface area contributed by atoms with E-state index in [9.17, 15) is 4.79 Å². The fourth-order valence-electron chi connectivity index (χ4n) is 1.38. The van der Waals surface area contributed by atoms with Crippen molar-refractivity contribution in [2.24, 2.45) is 5.73 Å². The van der Waals surface area contributed by atoms with Crippen LogP contribution in [0.1, 0.15) is 17.5 Å². The topological polar surface area (TPSA) is 69.6 Å². The van der Waals surface area contributed by atoms with E-state index in [4.69, 9.17) is 10.5 Å². The Morgan fingerprint density at radius 2 is 2.47 bits per heavy atom. The summed E-state index contributed by atoms with van der Waals surface area (Å²) in [6, 6.07) is 0. The van der Waals surface area contributed by atoms with E-state index in [1.54, 1.807) is 6.08 Å². The van der Waals surface area contributed by atoms with Crippen LogP contribution in [0.25, 0.3) is 11.0 Å². The highest BCUT2D eigenvalue weighted by Gasteiger charge is 2.04. The van der Waals surface area contributed by atoms with Gasteiger partial charge >= 0.3 is 0 Å². The third-order valence-electron chi connectivity index (χ3n) is 2.09. The molecular weight excluding hydrogens is 238 g/mol. The number of fused-ring (bicyclic) bond motifs is 1. The van der Waals surface area contributed by atoms with Crippen molar-refractivity contribution >= 4 is 28.3 Å². The first-order chi connectivity index (χ1) is 8.19. The molecule has 17 heavy (non-hydrogen) atoms. The Kier molecular flexibility index (Phi) is 3.55. The summed E-state index contributed by atoms with van der Waals surface area (Å²) in [5.74, 6) is -0.451. The molecule has 6 heteroatoms. The van der Waals surface area contributed by atoms with Gasteiger partial charge in [-0.15, -0.1) is 0 Å². The lowest BCUT2D eigenvalue weighted by atomic mass is 10.4. The second kappa shape index (κ2) is 5.11. The van der Waals surface area contributed by atoms with Crippen molar-refractivity contribution in [3.63, 3.8) is 0 Å². The minimum atomic E-state index is -0.451. The molecule has 0 fully saturated rings. The van der Waals surface area contributed by atoms with Crippen LogP contribution in [0.2, 0.25) is 0 Å². The molecule has 0 unspecified atom stereocenters. The number of amides is 1. The van der Waals surface area contributed by atoms with Crippen LogP contribution in [0, 0.1) is 0 Å². The second-order valence-corrected chi connectivity index (χ2v) is 4.47. The minimum Gasteiger partial charge on any atom is -0.375 e. The highest BCUT2D eigenvalue weighted by molar-refractivity contribution is 7.17. The molecule has 0 aliphatic rings. The molecule has 0 bridgehead atoms. The maximum atomic E-state index is 10.6. The predicted molar refractivity (Wildman–Crippen MR) is 66.6 cm³/mol. The van der Waals surface area contributed by atoms with Crippen molar-refractivity contribution in [2.75, 3.05) is 6.61 Å². The lowest BCUT2D eigenvalue weighted by Gasteiger charge is -1.94. The van der Waals surface area contributed by atoms with Crippen molar-refractivity contribution in [3.8, 4) is 0 Å². The monoisotopic (exact) mass is 251 g/mol. The van der Waals surface area contributed by atoms with Crippen LogP contribution < -0.4 is 5.73 Å². The van der Waals surface area contributed by atoms with Crippen molar-refractivity contribution in [3.05, 3.63) is 29.0 Å². The van der Waals surface area contributed by atoms with Gasteiger partial charge in [0.15, 0.2) is 4.96 Å². The van der Waals surface area contributed by atoms with Gasteiger partial charge in [0.25, 0.3) is 0 Å². The number of primary amides is 1. The lowest BCUT2D eigenvalue weighted by molar-refractivity contribution is -0.113. The standard InChI is InChI=1S/C11H13N3O2S/c1-2-16-7-8-5-14-6-9(3-4-10(12)15)17-11(14)13-8/h3-6H,2,7H2,1H3,(H2,12,15). The van der Waals surface area contributed by atoms with Crippen molar-refractivity contribution in [2.45, 2.75) is 13.5 Å². The molecule has 0 atom stereocenters. The quantitative estimate of drug-likeness (QED) is 0.817. The number of hydrogen-bond acceptors (Lipinski definition) is 4. The van der Waals surface area contributed by atoms with E-state index in [-0.39, 0.29) is 0 Å². The molecule has 0 saturated carbocycles. The molecule has 2 N–H and O–H groups in total. The summed E-state index contributed by atoms with van der Waals surface area (Å²) in [7, 11) is 0. The van der Waals surface area contributed by atoms with Crippen LogP contribution in [-0.4, -0.2) is 21.9 Å². The van der Waals surface area contributed by atoms with Crippen LogP contribution in [0.5, 0.6) is 0 Å². The number of nitrogens with two attached hydrogens (primary N) is 1. The van der Waals surface area contributed by atoms with Crippen LogP contribution in [0.3, 0.4) is 0 Å². The van der Waals surface area contributed by atoms with Gasteiger partial charge in [0.1, 0.15) is 0 Å². The summed E-state index contributed by atoms with van der Waals surface area (Å²) in [6.45, 7) is 3.15. The highest BCUT2D eigenvalue weighted by Crippen LogP contribution is 2.19. The summed E-state index contributed by atoms with van der Waals surface area (Å²) in [4.78, 5) is 16.8. The SMILES string of the molecule is CCOCc1cn2cc(C=CC(N)=O)sc2n1. The Balaban J connectivity index is 2.16. The minimum absolute atomic E-state index is 0.451. The summed E-state index contributed by atoms with van der Waals surface area (Å²) in [6.07, 6.45) is 6.85. The first-order valence-corrected chi connectivity index (χ1v) is 6.03. The zero-order valence-electron chi connectivity index (χ0n) is 9.42. The van der Waals surface area contributed by atoms with Crippen LogP contribution >= 0.6 is 11.3 Å². The summed E-state index contributed by atoms with van der Waals surface area (Å²) < 4.78 is 7.20. The molecular formula is C11H13N3O2S. The van der Waals surface area contributed by atoms with E-state index < -0.39 is 5.91 Å². The Labute approximate surface area is 103 Å². The molecule has 2 rings (SSSR count). The van der Waals surface area contributed by atoms with Gasteiger partial charge in [0.2, 0.25) is 5.91 Å². The largest absolute Gasteiger partial charge is 0.375 e. The van der Waals surface area contributed by atoms with E-state index >= 15 is 0 Å². The third-order valence-corrected chi connectivity index (χ3v) is 3.05. The number of nitrogens with zero attached hydrogens (tertiary/aromatic N) is 2. The lowest BCUT2D eigenvalue weighted by Crippen LogP contribution is -2.04. The number of carbonyl (C=O) groups excluding carboxylic acids is 1. The molecule has 0 spiro atoms. The Hall–Kier alpha value is -1.66. The molecule has 2 aromatic rings. The van der Waals surface area contributed by atoms with Gasteiger partial charge in [-0.25, -0.2) is 4.98 Å². The van der Waals surface area contributed by atoms with Crippen LogP contribution in [0.4, 0.5) is 0 Å². The van der Waals surface area contributed by atoms with E-state index in [1.165, 1.54) is 17.4 Å². The van der Waals surface area contributed by atoms with Gasteiger partial charge in [-0.05, 0) is 13.0 Å². The van der Waals surface area contributed by atoms with Crippen molar-refractivity contribution in [1.82, 2.24) is 9.38 Å². The molecule has 0 saturated heterocycles. The molecule has 2 heterocycles. The summed E-state index contributed by atoms with van der Waals surface area (Å²) >= 11 is 1.50. The van der Waals surface area contributed by atoms with E-state index in [0.29, 0.717) is 13.2 Å². The van der Waals surface area contributed by atoms with E-state index in [2.05, 4.69) is 4.98 Å². The smallest absolute Gasteiger partial charge is 0.241 e. The number of aromatic nitrogens is 2. The zero-order valence-corrected chi connectivity index (χ0v) is 10.2. The van der Waals surface area contributed by atoms with E-state index in [1.807, 2.05) is 23.7 Å². The molecule has 2 aromatic heterocycles. The molecule has 1 amide bonds. The summed E-state index contributed by atoms with van der Waals surface area (Å²) in [5.41, 5.74) is 5.93. The zero-order chi connectivity index (χ0) is 12.3. The van der Waals surface area contributed by atoms with Crippen molar-refractivity contribution < 1.29 is 9.53 Å². The number of imidazole rings is 1. The van der Waals surface area contributed by atoms with Crippen LogP contribution in [0.15, 0.2) is 18.5 Å². The Morgan fingerprint density at radius 1 is 1.65 bits per heavy atom. The fourth-order valence-corrected chi connectivity index (χ4v) is 2.27. The van der Waals surface area contributed by atoms with Gasteiger partial charge in [0, 0.05) is 30.0 Å². The number of carbonyl (C=O) groups is 1.